The molecule has 2 unspecified atom stereocenters. The SMILES string of the molecule is COc1ccc(CN2CC(OCc3ccncc3)CN(C(=O)C3CCOC3)CC2=O)cc1. The third kappa shape index (κ3) is 5.63. The maximum atomic E-state index is 13.1. The van der Waals surface area contributed by atoms with Crippen molar-refractivity contribution in [2.75, 3.05) is 40.0 Å². The Morgan fingerprint density at radius 2 is 1.91 bits per heavy atom. The molecule has 1 aromatic carbocycles. The van der Waals surface area contributed by atoms with Crippen LogP contribution in [-0.4, -0.2) is 72.7 Å². The summed E-state index contributed by atoms with van der Waals surface area (Å²) in [4.78, 5) is 33.6. The lowest BCUT2D eigenvalue weighted by molar-refractivity contribution is -0.141. The number of aromatic nitrogens is 1. The van der Waals surface area contributed by atoms with Gasteiger partial charge in [0.15, 0.2) is 0 Å². The molecule has 170 valence electrons. The lowest BCUT2D eigenvalue weighted by atomic mass is 10.1. The van der Waals surface area contributed by atoms with Gasteiger partial charge in [-0.15, -0.1) is 0 Å². The summed E-state index contributed by atoms with van der Waals surface area (Å²) < 4.78 is 16.8. The molecular weight excluding hydrogens is 410 g/mol. The van der Waals surface area contributed by atoms with Gasteiger partial charge in [0.1, 0.15) is 5.75 Å². The van der Waals surface area contributed by atoms with E-state index in [0.29, 0.717) is 45.9 Å². The summed E-state index contributed by atoms with van der Waals surface area (Å²) in [7, 11) is 1.62. The molecule has 2 fully saturated rings. The lowest BCUT2D eigenvalue weighted by Gasteiger charge is -2.26. The van der Waals surface area contributed by atoms with Crippen molar-refractivity contribution >= 4 is 11.8 Å². The molecule has 0 spiro atoms. The fourth-order valence-corrected chi connectivity index (χ4v) is 4.04. The summed E-state index contributed by atoms with van der Waals surface area (Å²) in [6, 6.07) is 11.5. The summed E-state index contributed by atoms with van der Waals surface area (Å²) in [5, 5.41) is 0. The van der Waals surface area contributed by atoms with Crippen molar-refractivity contribution in [3.63, 3.8) is 0 Å². The molecule has 4 rings (SSSR count). The number of methoxy groups -OCH3 is 1. The average molecular weight is 440 g/mol. The topological polar surface area (TPSA) is 81.2 Å². The molecule has 0 aliphatic carbocycles. The van der Waals surface area contributed by atoms with Gasteiger partial charge in [-0.3, -0.25) is 14.6 Å². The third-order valence-corrected chi connectivity index (χ3v) is 5.89. The second-order valence-electron chi connectivity index (χ2n) is 8.19. The quantitative estimate of drug-likeness (QED) is 0.655. The number of benzene rings is 1. The molecule has 8 nitrogen and oxygen atoms in total. The van der Waals surface area contributed by atoms with E-state index in [4.69, 9.17) is 14.2 Å². The van der Waals surface area contributed by atoms with Gasteiger partial charge in [0.05, 0.1) is 38.9 Å². The molecule has 2 saturated heterocycles. The van der Waals surface area contributed by atoms with Gasteiger partial charge in [0.25, 0.3) is 0 Å². The van der Waals surface area contributed by atoms with Crippen molar-refractivity contribution < 1.29 is 23.8 Å². The molecule has 2 amide bonds. The summed E-state index contributed by atoms with van der Waals surface area (Å²) in [5.41, 5.74) is 2.00. The molecule has 0 N–H and O–H groups in total. The van der Waals surface area contributed by atoms with Crippen LogP contribution in [0.5, 0.6) is 5.75 Å². The first kappa shape index (κ1) is 22.2. The van der Waals surface area contributed by atoms with Crippen LogP contribution in [0, 0.1) is 5.92 Å². The Morgan fingerprint density at radius 3 is 2.59 bits per heavy atom. The minimum Gasteiger partial charge on any atom is -0.497 e. The maximum absolute atomic E-state index is 13.1. The standard InChI is InChI=1S/C24H29N3O5/c1-30-21-4-2-18(3-5-21)12-26-13-22(32-16-19-6-9-25-10-7-19)14-27(15-23(26)28)24(29)20-8-11-31-17-20/h2-7,9-10,20,22H,8,11-17H2,1H3. The van der Waals surface area contributed by atoms with Crippen LogP contribution in [0.4, 0.5) is 0 Å². The summed E-state index contributed by atoms with van der Waals surface area (Å²) in [6.45, 7) is 2.71. The Hall–Kier alpha value is -2.97. The van der Waals surface area contributed by atoms with Crippen LogP contribution in [0.15, 0.2) is 48.8 Å². The fourth-order valence-electron chi connectivity index (χ4n) is 4.04. The normalized spacial score (nSPS) is 21.5. The molecule has 2 aliphatic heterocycles. The highest BCUT2D eigenvalue weighted by molar-refractivity contribution is 5.86. The number of carbonyl (C=O) groups excluding carboxylic acids is 2. The van der Waals surface area contributed by atoms with Crippen molar-refractivity contribution in [1.29, 1.82) is 0 Å². The molecule has 2 aliphatic rings. The van der Waals surface area contributed by atoms with Gasteiger partial charge >= 0.3 is 0 Å². The van der Waals surface area contributed by atoms with Crippen LogP contribution in [-0.2, 0) is 32.2 Å². The van der Waals surface area contributed by atoms with Crippen LogP contribution in [0.3, 0.4) is 0 Å². The van der Waals surface area contributed by atoms with E-state index >= 15 is 0 Å². The van der Waals surface area contributed by atoms with Gasteiger partial charge in [0, 0.05) is 38.6 Å². The van der Waals surface area contributed by atoms with E-state index in [-0.39, 0.29) is 30.4 Å². The zero-order valence-electron chi connectivity index (χ0n) is 18.3. The molecule has 1 aromatic heterocycles. The van der Waals surface area contributed by atoms with Crippen LogP contribution < -0.4 is 4.74 Å². The van der Waals surface area contributed by atoms with Crippen molar-refractivity contribution in [2.45, 2.75) is 25.7 Å². The number of hydrogen-bond acceptors (Lipinski definition) is 6. The molecule has 2 aromatic rings. The largest absolute Gasteiger partial charge is 0.497 e. The van der Waals surface area contributed by atoms with Gasteiger partial charge in [-0.2, -0.15) is 0 Å². The van der Waals surface area contributed by atoms with E-state index in [1.165, 1.54) is 0 Å². The number of amides is 2. The molecule has 3 heterocycles. The minimum absolute atomic E-state index is 0.0281. The predicted molar refractivity (Wildman–Crippen MR) is 117 cm³/mol. The van der Waals surface area contributed by atoms with Crippen molar-refractivity contribution in [3.8, 4) is 5.75 Å². The molecule has 8 heteroatoms. The number of rotatable bonds is 7. The van der Waals surface area contributed by atoms with E-state index in [9.17, 15) is 9.59 Å². The van der Waals surface area contributed by atoms with Gasteiger partial charge in [0.2, 0.25) is 11.8 Å². The smallest absolute Gasteiger partial charge is 0.242 e. The molecule has 0 radical (unpaired) electrons. The van der Waals surface area contributed by atoms with E-state index in [0.717, 1.165) is 16.9 Å². The van der Waals surface area contributed by atoms with Gasteiger partial charge in [-0.05, 0) is 41.8 Å². The number of ether oxygens (including phenoxy) is 3. The van der Waals surface area contributed by atoms with Crippen molar-refractivity contribution in [2.24, 2.45) is 5.92 Å². The maximum Gasteiger partial charge on any atom is 0.242 e. The Morgan fingerprint density at radius 1 is 1.12 bits per heavy atom. The highest BCUT2D eigenvalue weighted by Crippen LogP contribution is 2.20. The second kappa shape index (κ2) is 10.6. The number of carbonyl (C=O) groups is 2. The number of hydrogen-bond donors (Lipinski definition) is 0. The first-order valence-electron chi connectivity index (χ1n) is 10.9. The summed E-state index contributed by atoms with van der Waals surface area (Å²) >= 11 is 0. The third-order valence-electron chi connectivity index (χ3n) is 5.89. The molecule has 32 heavy (non-hydrogen) atoms. The molecular formula is C24H29N3O5. The second-order valence-corrected chi connectivity index (χ2v) is 8.19. The first-order chi connectivity index (χ1) is 15.6. The average Bonchev–Trinajstić information content (AvgIpc) is 3.32. The fraction of sp³-hybridized carbons (Fsp3) is 0.458. The highest BCUT2D eigenvalue weighted by atomic mass is 16.5. The Balaban J connectivity index is 1.48. The Kier molecular flexibility index (Phi) is 7.34. The highest BCUT2D eigenvalue weighted by Gasteiger charge is 2.35. The number of pyridine rings is 1. The Bertz CT molecular complexity index is 900. The van der Waals surface area contributed by atoms with Gasteiger partial charge in [-0.1, -0.05) is 12.1 Å². The van der Waals surface area contributed by atoms with E-state index in [1.807, 2.05) is 36.4 Å². The molecule has 0 saturated carbocycles. The predicted octanol–water partition coefficient (Wildman–Crippen LogP) is 1.88. The summed E-state index contributed by atoms with van der Waals surface area (Å²) in [6.07, 6.45) is 3.85. The van der Waals surface area contributed by atoms with E-state index in [2.05, 4.69) is 4.98 Å². The van der Waals surface area contributed by atoms with E-state index < -0.39 is 0 Å². The minimum atomic E-state index is -0.292. The monoisotopic (exact) mass is 439 g/mol. The molecule has 0 bridgehead atoms. The molecule has 2 atom stereocenters. The Labute approximate surface area is 188 Å². The lowest BCUT2D eigenvalue weighted by Crippen LogP contribution is -2.43. The zero-order valence-corrected chi connectivity index (χ0v) is 18.3. The van der Waals surface area contributed by atoms with Crippen molar-refractivity contribution in [1.82, 2.24) is 14.8 Å². The van der Waals surface area contributed by atoms with Crippen LogP contribution in [0.1, 0.15) is 17.5 Å². The zero-order chi connectivity index (χ0) is 22.3. The van der Waals surface area contributed by atoms with Crippen LogP contribution >= 0.6 is 0 Å². The van der Waals surface area contributed by atoms with Crippen LogP contribution in [0.25, 0.3) is 0 Å². The van der Waals surface area contributed by atoms with Crippen LogP contribution in [0.2, 0.25) is 0 Å². The van der Waals surface area contributed by atoms with Crippen molar-refractivity contribution in [3.05, 3.63) is 59.9 Å². The number of nitrogens with zero attached hydrogens (tertiary/aromatic N) is 3. The van der Waals surface area contributed by atoms with Gasteiger partial charge in [-0.25, -0.2) is 0 Å². The van der Waals surface area contributed by atoms with Gasteiger partial charge < -0.3 is 24.0 Å². The summed E-state index contributed by atoms with van der Waals surface area (Å²) in [5.74, 6) is 0.476. The van der Waals surface area contributed by atoms with E-state index in [1.54, 1.807) is 29.3 Å². The first-order valence-corrected chi connectivity index (χ1v) is 10.9.